The van der Waals surface area contributed by atoms with Gasteiger partial charge < -0.3 is 14.4 Å². The second-order valence-corrected chi connectivity index (χ2v) is 7.33. The highest BCUT2D eigenvalue weighted by Crippen LogP contribution is 2.38. The summed E-state index contributed by atoms with van der Waals surface area (Å²) in [5, 5.41) is 18.8. The molecule has 1 amide bonds. The Labute approximate surface area is 164 Å². The first-order valence-corrected chi connectivity index (χ1v) is 9.24. The molecule has 3 aromatic rings. The van der Waals surface area contributed by atoms with Gasteiger partial charge in [0.1, 0.15) is 5.75 Å². The molecular weight excluding hydrogens is 354 g/mol. The van der Waals surface area contributed by atoms with Crippen molar-refractivity contribution >= 4 is 22.5 Å². The maximum Gasteiger partial charge on any atom is 0.302 e. The lowest BCUT2D eigenvalue weighted by atomic mass is 10.0. The second-order valence-electron chi connectivity index (χ2n) is 7.33. The quantitative estimate of drug-likeness (QED) is 0.610. The molecule has 2 aromatic carbocycles. The molecule has 28 heavy (non-hydrogen) atoms. The number of aromatic hydroxyl groups is 1. The predicted octanol–water partition coefficient (Wildman–Crippen LogP) is 5.31. The van der Waals surface area contributed by atoms with E-state index in [1.165, 1.54) is 0 Å². The van der Waals surface area contributed by atoms with Gasteiger partial charge in [0.15, 0.2) is 12.3 Å². The number of azo groups is 1. The number of nitrogens with zero attached hydrogens (tertiary/aromatic N) is 3. The van der Waals surface area contributed by atoms with E-state index in [2.05, 4.69) is 24.1 Å². The summed E-state index contributed by atoms with van der Waals surface area (Å²) in [4.78, 5) is 12.2. The van der Waals surface area contributed by atoms with Gasteiger partial charge in [0.25, 0.3) is 0 Å². The number of fused-ring (bicyclic) bond motifs is 1. The van der Waals surface area contributed by atoms with Crippen LogP contribution in [0, 0.1) is 13.8 Å². The van der Waals surface area contributed by atoms with E-state index in [-0.39, 0.29) is 24.1 Å². The van der Waals surface area contributed by atoms with E-state index in [1.54, 1.807) is 11.6 Å². The number of hydrogen-bond donors (Lipinski definition) is 1. The molecule has 0 saturated carbocycles. The minimum Gasteiger partial charge on any atom is -0.493 e. The molecule has 6 heteroatoms. The lowest BCUT2D eigenvalue weighted by molar-refractivity contribution is -0.120. The van der Waals surface area contributed by atoms with Crippen LogP contribution in [0.4, 0.5) is 5.69 Å². The number of aromatic nitrogens is 1. The molecule has 0 aliphatic carbocycles. The summed E-state index contributed by atoms with van der Waals surface area (Å²) in [5.74, 6) is 0.421. The molecule has 1 aromatic heterocycles. The molecule has 0 saturated heterocycles. The fourth-order valence-corrected chi connectivity index (χ4v) is 3.14. The van der Waals surface area contributed by atoms with Gasteiger partial charge >= 0.3 is 5.91 Å². The fraction of sp³-hybridized carbons (Fsp3) is 0.318. The molecule has 1 N–H and O–H groups in total. The van der Waals surface area contributed by atoms with Crippen molar-refractivity contribution in [2.24, 2.45) is 17.3 Å². The summed E-state index contributed by atoms with van der Waals surface area (Å²) < 4.78 is 7.32. The Morgan fingerprint density at radius 3 is 2.54 bits per heavy atom. The zero-order valence-corrected chi connectivity index (χ0v) is 16.9. The van der Waals surface area contributed by atoms with Crippen molar-refractivity contribution in [1.29, 1.82) is 0 Å². The highest BCUT2D eigenvalue weighted by molar-refractivity contribution is 5.95. The van der Waals surface area contributed by atoms with Gasteiger partial charge in [-0.25, -0.2) is 0 Å². The van der Waals surface area contributed by atoms with E-state index in [4.69, 9.17) is 4.74 Å². The van der Waals surface area contributed by atoms with Crippen molar-refractivity contribution in [2.45, 2.75) is 33.6 Å². The Morgan fingerprint density at radius 1 is 1.14 bits per heavy atom. The van der Waals surface area contributed by atoms with Crippen molar-refractivity contribution < 1.29 is 14.6 Å². The number of benzene rings is 2. The molecule has 0 aliphatic rings. The third-order valence-electron chi connectivity index (χ3n) is 4.70. The standard InChI is InChI=1S/C22H25N3O3/c1-13(2)16-8-6-15(4)11-19(16)28-12-20(26)23-24-21-17-10-14(3)7-9-18(17)25(5)22(21)27/h6-11,13,27H,12H2,1-5H3. The van der Waals surface area contributed by atoms with Crippen LogP contribution in [0.3, 0.4) is 0 Å². The van der Waals surface area contributed by atoms with E-state index in [9.17, 15) is 9.90 Å². The minimum atomic E-state index is -0.514. The van der Waals surface area contributed by atoms with Crippen LogP contribution in [0.1, 0.15) is 36.5 Å². The van der Waals surface area contributed by atoms with Crippen LogP contribution in [0.25, 0.3) is 10.9 Å². The number of carbonyl (C=O) groups is 1. The summed E-state index contributed by atoms with van der Waals surface area (Å²) in [6.07, 6.45) is 0. The van der Waals surface area contributed by atoms with Gasteiger partial charge in [0, 0.05) is 12.4 Å². The molecule has 0 bridgehead atoms. The molecule has 0 unspecified atom stereocenters. The van der Waals surface area contributed by atoms with Crippen LogP contribution in [-0.4, -0.2) is 22.2 Å². The Bertz CT molecular complexity index is 1060. The van der Waals surface area contributed by atoms with Crippen molar-refractivity contribution in [3.63, 3.8) is 0 Å². The first-order chi connectivity index (χ1) is 13.3. The normalized spacial score (nSPS) is 11.6. The average Bonchev–Trinajstić information content (AvgIpc) is 2.88. The average molecular weight is 379 g/mol. The van der Waals surface area contributed by atoms with Gasteiger partial charge in [0.2, 0.25) is 5.88 Å². The monoisotopic (exact) mass is 379 g/mol. The zero-order chi connectivity index (χ0) is 20.4. The lowest BCUT2D eigenvalue weighted by Crippen LogP contribution is -2.09. The third kappa shape index (κ3) is 3.91. The highest BCUT2D eigenvalue weighted by atomic mass is 16.5. The molecule has 0 spiro atoms. The van der Waals surface area contributed by atoms with E-state index < -0.39 is 5.91 Å². The van der Waals surface area contributed by atoms with Crippen molar-refractivity contribution in [3.05, 3.63) is 53.1 Å². The lowest BCUT2D eigenvalue weighted by Gasteiger charge is -2.13. The summed E-state index contributed by atoms with van der Waals surface area (Å²) in [6.45, 7) is 7.87. The van der Waals surface area contributed by atoms with Gasteiger partial charge in [-0.1, -0.05) is 37.6 Å². The number of amides is 1. The molecule has 6 nitrogen and oxygen atoms in total. The van der Waals surface area contributed by atoms with Crippen LogP contribution in [-0.2, 0) is 11.8 Å². The molecule has 3 rings (SSSR count). The number of rotatable bonds is 5. The Hall–Kier alpha value is -3.15. The Morgan fingerprint density at radius 2 is 1.82 bits per heavy atom. The predicted molar refractivity (Wildman–Crippen MR) is 110 cm³/mol. The van der Waals surface area contributed by atoms with Crippen LogP contribution in [0.2, 0.25) is 0 Å². The van der Waals surface area contributed by atoms with E-state index >= 15 is 0 Å². The second kappa shape index (κ2) is 7.84. The Balaban J connectivity index is 1.79. The SMILES string of the molecule is Cc1ccc(C(C)C)c(OCC(=O)N=Nc2c(O)n(C)c3ccc(C)cc23)c1. The maximum absolute atomic E-state index is 12.2. The topological polar surface area (TPSA) is 76.2 Å². The first-order valence-electron chi connectivity index (χ1n) is 9.24. The summed E-state index contributed by atoms with van der Waals surface area (Å²) in [5.41, 5.74) is 4.24. The smallest absolute Gasteiger partial charge is 0.302 e. The first kappa shape index (κ1) is 19.6. The molecule has 0 radical (unpaired) electrons. The molecule has 146 valence electrons. The van der Waals surface area contributed by atoms with Crippen LogP contribution in [0.15, 0.2) is 46.6 Å². The molecule has 0 aliphatic heterocycles. The number of aryl methyl sites for hydroxylation is 3. The largest absolute Gasteiger partial charge is 0.493 e. The third-order valence-corrected chi connectivity index (χ3v) is 4.70. The van der Waals surface area contributed by atoms with Crippen LogP contribution in [0.5, 0.6) is 11.6 Å². The van der Waals surface area contributed by atoms with Crippen LogP contribution < -0.4 is 4.74 Å². The molecular formula is C22H25N3O3. The molecule has 1 heterocycles. The summed E-state index contributed by atoms with van der Waals surface area (Å²) in [6, 6.07) is 11.7. The van der Waals surface area contributed by atoms with Crippen LogP contribution >= 0.6 is 0 Å². The molecule has 0 atom stereocenters. The van der Waals surface area contributed by atoms with Gasteiger partial charge in [-0.05, 0) is 49.1 Å². The van der Waals surface area contributed by atoms with E-state index in [1.807, 2.05) is 50.2 Å². The fourth-order valence-electron chi connectivity index (χ4n) is 3.14. The molecule has 0 fully saturated rings. The van der Waals surface area contributed by atoms with Crippen molar-refractivity contribution in [2.75, 3.05) is 6.61 Å². The zero-order valence-electron chi connectivity index (χ0n) is 16.9. The van der Waals surface area contributed by atoms with E-state index in [0.717, 1.165) is 27.6 Å². The number of hydrogen-bond acceptors (Lipinski definition) is 4. The summed E-state index contributed by atoms with van der Waals surface area (Å²) in [7, 11) is 1.74. The maximum atomic E-state index is 12.2. The minimum absolute atomic E-state index is 0.0288. The van der Waals surface area contributed by atoms with Crippen molar-refractivity contribution in [1.82, 2.24) is 4.57 Å². The van der Waals surface area contributed by atoms with Gasteiger partial charge in [-0.3, -0.25) is 4.79 Å². The van der Waals surface area contributed by atoms with Gasteiger partial charge in [0.05, 0.1) is 5.52 Å². The number of carbonyl (C=O) groups excluding carboxylic acids is 1. The Kier molecular flexibility index (Phi) is 5.49. The highest BCUT2D eigenvalue weighted by Gasteiger charge is 2.15. The summed E-state index contributed by atoms with van der Waals surface area (Å²) >= 11 is 0. The van der Waals surface area contributed by atoms with E-state index in [0.29, 0.717) is 5.75 Å². The van der Waals surface area contributed by atoms with Gasteiger partial charge in [-0.2, -0.15) is 0 Å². The van der Waals surface area contributed by atoms with Crippen molar-refractivity contribution in [3.8, 4) is 11.6 Å². The number of ether oxygens (including phenoxy) is 1. The van der Waals surface area contributed by atoms with Gasteiger partial charge in [-0.15, -0.1) is 10.2 Å².